The number of hydrogen-bond acceptors (Lipinski definition) is 1. The van der Waals surface area contributed by atoms with Gasteiger partial charge >= 0.3 is 6.18 Å². The number of hydrogen-bond donors (Lipinski definition) is 0. The molecule has 76 valence electrons. The minimum absolute atomic E-state index is 0.325. The number of benzene rings is 1. The van der Waals surface area contributed by atoms with E-state index < -0.39 is 28.9 Å². The van der Waals surface area contributed by atoms with Crippen LogP contribution in [-0.4, -0.2) is 6.29 Å². The van der Waals surface area contributed by atoms with Gasteiger partial charge in [-0.3, -0.25) is 4.79 Å². The number of aldehydes is 1. The number of carbonyl (C=O) groups excluding carboxylic acids is 1. The van der Waals surface area contributed by atoms with Crippen LogP contribution in [0.25, 0.3) is 0 Å². The van der Waals surface area contributed by atoms with Crippen molar-refractivity contribution in [1.29, 1.82) is 0 Å². The van der Waals surface area contributed by atoms with Gasteiger partial charge in [0.15, 0.2) is 6.29 Å². The van der Waals surface area contributed by atoms with Gasteiger partial charge in [-0.05, 0) is 12.1 Å². The predicted octanol–water partition coefficient (Wildman–Crippen LogP) is 2.80. The van der Waals surface area contributed by atoms with E-state index >= 15 is 0 Å². The van der Waals surface area contributed by atoms with Crippen molar-refractivity contribution < 1.29 is 26.7 Å². The highest BCUT2D eigenvalue weighted by molar-refractivity contribution is 5.78. The lowest BCUT2D eigenvalue weighted by Gasteiger charge is -2.10. The number of halogens is 5. The molecule has 0 bridgehead atoms. The molecule has 0 aliphatic carbocycles. The Kier molecular flexibility index (Phi) is 2.55. The smallest absolute Gasteiger partial charge is 0.298 e. The molecule has 0 saturated heterocycles. The summed E-state index contributed by atoms with van der Waals surface area (Å²) in [7, 11) is 0. The van der Waals surface area contributed by atoms with Crippen LogP contribution >= 0.6 is 0 Å². The van der Waals surface area contributed by atoms with Gasteiger partial charge in [-0.15, -0.1) is 0 Å². The molecular formula is C8H3F5O. The summed E-state index contributed by atoms with van der Waals surface area (Å²) in [6.45, 7) is 0. The van der Waals surface area contributed by atoms with Crippen molar-refractivity contribution in [2.75, 3.05) is 0 Å². The maximum atomic E-state index is 12.7. The van der Waals surface area contributed by atoms with E-state index in [-0.39, 0.29) is 6.29 Å². The summed E-state index contributed by atoms with van der Waals surface area (Å²) in [5.41, 5.74) is -3.18. The maximum Gasteiger partial charge on any atom is 0.420 e. The summed E-state index contributed by atoms with van der Waals surface area (Å²) < 4.78 is 61.7. The Morgan fingerprint density at radius 3 is 1.93 bits per heavy atom. The maximum absolute atomic E-state index is 12.7. The van der Waals surface area contributed by atoms with Crippen molar-refractivity contribution in [2.45, 2.75) is 6.18 Å². The number of alkyl halides is 3. The fourth-order valence-electron chi connectivity index (χ4n) is 0.971. The molecule has 14 heavy (non-hydrogen) atoms. The first-order valence-corrected chi connectivity index (χ1v) is 3.38. The molecule has 0 aliphatic rings. The lowest BCUT2D eigenvalue weighted by Crippen LogP contribution is -2.13. The molecule has 0 fully saturated rings. The molecule has 0 aliphatic heterocycles. The van der Waals surface area contributed by atoms with Crippen LogP contribution < -0.4 is 0 Å². The van der Waals surface area contributed by atoms with Crippen LogP contribution in [-0.2, 0) is 6.18 Å². The fraction of sp³-hybridized carbons (Fsp3) is 0.125. The Morgan fingerprint density at radius 1 is 1.07 bits per heavy atom. The molecule has 1 nitrogen and oxygen atoms in total. The highest BCUT2D eigenvalue weighted by Crippen LogP contribution is 2.34. The normalized spacial score (nSPS) is 11.5. The van der Waals surface area contributed by atoms with Gasteiger partial charge in [-0.25, -0.2) is 8.78 Å². The Morgan fingerprint density at radius 2 is 1.57 bits per heavy atom. The average Bonchev–Trinajstić information content (AvgIpc) is 2.06. The van der Waals surface area contributed by atoms with Crippen LogP contribution in [0, 0.1) is 11.6 Å². The first kappa shape index (κ1) is 10.6. The summed E-state index contributed by atoms with van der Waals surface area (Å²) in [4.78, 5) is 10.1. The zero-order chi connectivity index (χ0) is 10.9. The van der Waals surface area contributed by atoms with Gasteiger partial charge in [0.05, 0.1) is 5.56 Å². The second-order valence-electron chi connectivity index (χ2n) is 2.43. The van der Waals surface area contributed by atoms with E-state index in [9.17, 15) is 26.7 Å². The van der Waals surface area contributed by atoms with E-state index in [1.165, 1.54) is 0 Å². The molecule has 0 saturated carbocycles. The summed E-state index contributed by atoms with van der Waals surface area (Å²) in [5, 5.41) is 0. The zero-order valence-electron chi connectivity index (χ0n) is 6.53. The lowest BCUT2D eigenvalue weighted by molar-refractivity contribution is -0.140. The molecule has 0 N–H and O–H groups in total. The number of rotatable bonds is 1. The van der Waals surface area contributed by atoms with Crippen molar-refractivity contribution in [3.63, 3.8) is 0 Å². The molecule has 0 amide bonds. The highest BCUT2D eigenvalue weighted by Gasteiger charge is 2.38. The Hall–Kier alpha value is -1.46. The van der Waals surface area contributed by atoms with Crippen molar-refractivity contribution in [2.24, 2.45) is 0 Å². The van der Waals surface area contributed by atoms with Crippen molar-refractivity contribution >= 4 is 6.29 Å². The van der Waals surface area contributed by atoms with Crippen LogP contribution in [0.15, 0.2) is 12.1 Å². The van der Waals surface area contributed by atoms with E-state index in [4.69, 9.17) is 0 Å². The lowest BCUT2D eigenvalue weighted by atomic mass is 10.1. The van der Waals surface area contributed by atoms with Gasteiger partial charge in [0.1, 0.15) is 17.2 Å². The van der Waals surface area contributed by atoms with Gasteiger partial charge in [-0.2, -0.15) is 13.2 Å². The molecule has 1 aromatic carbocycles. The van der Waals surface area contributed by atoms with Crippen molar-refractivity contribution in [3.05, 3.63) is 34.9 Å². The molecule has 1 rings (SSSR count). The molecule has 0 unspecified atom stereocenters. The van der Waals surface area contributed by atoms with Crippen LogP contribution in [0.2, 0.25) is 0 Å². The fourth-order valence-corrected chi connectivity index (χ4v) is 0.971. The Balaban J connectivity index is 3.53. The third-order valence-electron chi connectivity index (χ3n) is 1.54. The van der Waals surface area contributed by atoms with Crippen LogP contribution in [0.3, 0.4) is 0 Å². The second kappa shape index (κ2) is 3.36. The van der Waals surface area contributed by atoms with E-state index in [2.05, 4.69) is 0 Å². The molecule has 0 heterocycles. The topological polar surface area (TPSA) is 17.1 Å². The molecule has 1 aromatic rings. The monoisotopic (exact) mass is 210 g/mol. The van der Waals surface area contributed by atoms with Gasteiger partial charge in [0.25, 0.3) is 0 Å². The van der Waals surface area contributed by atoms with E-state index in [1.54, 1.807) is 0 Å². The van der Waals surface area contributed by atoms with Crippen molar-refractivity contribution in [1.82, 2.24) is 0 Å². The zero-order valence-corrected chi connectivity index (χ0v) is 6.53. The summed E-state index contributed by atoms with van der Waals surface area (Å²) in [6.07, 6.45) is -5.44. The summed E-state index contributed by atoms with van der Waals surface area (Å²) in [5.74, 6) is -3.06. The van der Waals surface area contributed by atoms with E-state index in [0.717, 1.165) is 0 Å². The average molecular weight is 210 g/mol. The third-order valence-corrected chi connectivity index (χ3v) is 1.54. The molecule has 0 radical (unpaired) electrons. The molecule has 0 aromatic heterocycles. The van der Waals surface area contributed by atoms with Crippen LogP contribution in [0.5, 0.6) is 0 Å². The Bertz CT molecular complexity index is 369. The first-order chi connectivity index (χ1) is 6.38. The third kappa shape index (κ3) is 1.73. The van der Waals surface area contributed by atoms with Gasteiger partial charge < -0.3 is 0 Å². The quantitative estimate of drug-likeness (QED) is 0.514. The molecule has 0 atom stereocenters. The molecule has 0 spiro atoms. The van der Waals surface area contributed by atoms with Gasteiger partial charge in [0, 0.05) is 0 Å². The Labute approximate surface area is 75.2 Å². The molecular weight excluding hydrogens is 207 g/mol. The van der Waals surface area contributed by atoms with Gasteiger partial charge in [-0.1, -0.05) is 0 Å². The highest BCUT2D eigenvalue weighted by atomic mass is 19.4. The summed E-state index contributed by atoms with van der Waals surface area (Å²) in [6, 6.07) is 0.791. The van der Waals surface area contributed by atoms with E-state index in [0.29, 0.717) is 12.1 Å². The summed E-state index contributed by atoms with van der Waals surface area (Å²) >= 11 is 0. The van der Waals surface area contributed by atoms with Crippen LogP contribution in [0.1, 0.15) is 15.9 Å². The standard InChI is InChI=1S/C8H3F5O/c9-5-1-2-6(10)7(4(5)3-14)8(11,12)13/h1-3H. The minimum Gasteiger partial charge on any atom is -0.298 e. The minimum atomic E-state index is -5.08. The second-order valence-corrected chi connectivity index (χ2v) is 2.43. The first-order valence-electron chi connectivity index (χ1n) is 3.38. The molecule has 6 heteroatoms. The van der Waals surface area contributed by atoms with Crippen molar-refractivity contribution in [3.8, 4) is 0 Å². The predicted molar refractivity (Wildman–Crippen MR) is 36.7 cm³/mol. The van der Waals surface area contributed by atoms with Gasteiger partial charge in [0.2, 0.25) is 0 Å². The SMILES string of the molecule is O=Cc1c(F)ccc(F)c1C(F)(F)F. The van der Waals surface area contributed by atoms with Crippen LogP contribution in [0.4, 0.5) is 22.0 Å². The van der Waals surface area contributed by atoms with E-state index in [1.807, 2.05) is 0 Å². The number of carbonyl (C=O) groups is 1. The largest absolute Gasteiger partial charge is 0.420 e.